The number of rotatable bonds is 1. The third kappa shape index (κ3) is 2.15. The molecule has 3 nitrogen and oxygen atoms in total. The Balaban J connectivity index is 3.08. The molecule has 1 rings (SSSR count). The summed E-state index contributed by atoms with van der Waals surface area (Å²) in [6.45, 7) is 1.87. The SMILES string of the molecule is Cc1nc(Br)cc(N(C)C)n1. The quantitative estimate of drug-likeness (QED) is 0.668. The van der Waals surface area contributed by atoms with Crippen LogP contribution in [-0.4, -0.2) is 24.1 Å². The highest BCUT2D eigenvalue weighted by molar-refractivity contribution is 9.10. The van der Waals surface area contributed by atoms with Crippen LogP contribution in [0.5, 0.6) is 0 Å². The molecule has 0 spiro atoms. The summed E-state index contributed by atoms with van der Waals surface area (Å²) < 4.78 is 0.828. The number of aryl methyl sites for hydroxylation is 1. The average Bonchev–Trinajstić information content (AvgIpc) is 1.85. The molecule has 0 aliphatic rings. The first kappa shape index (κ1) is 8.46. The van der Waals surface area contributed by atoms with E-state index >= 15 is 0 Å². The van der Waals surface area contributed by atoms with Crippen molar-refractivity contribution in [1.82, 2.24) is 9.97 Å². The average molecular weight is 216 g/mol. The molecule has 0 unspecified atom stereocenters. The van der Waals surface area contributed by atoms with Crippen LogP contribution in [0.3, 0.4) is 0 Å². The van der Waals surface area contributed by atoms with Gasteiger partial charge in [-0.15, -0.1) is 0 Å². The molecule has 4 heteroatoms. The predicted molar refractivity (Wildman–Crippen MR) is 48.8 cm³/mol. The molecule has 1 heterocycles. The number of hydrogen-bond donors (Lipinski definition) is 0. The Morgan fingerprint density at radius 3 is 2.45 bits per heavy atom. The summed E-state index contributed by atoms with van der Waals surface area (Å²) in [6.07, 6.45) is 0. The largest absolute Gasteiger partial charge is 0.363 e. The lowest BCUT2D eigenvalue weighted by Crippen LogP contribution is -2.11. The third-order valence-corrected chi connectivity index (χ3v) is 1.66. The van der Waals surface area contributed by atoms with E-state index in [9.17, 15) is 0 Å². The van der Waals surface area contributed by atoms with Crippen LogP contribution >= 0.6 is 15.9 Å². The fraction of sp³-hybridized carbons (Fsp3) is 0.429. The van der Waals surface area contributed by atoms with Crippen molar-refractivity contribution in [2.45, 2.75) is 6.92 Å². The van der Waals surface area contributed by atoms with E-state index in [1.54, 1.807) is 0 Å². The fourth-order valence-corrected chi connectivity index (χ4v) is 1.21. The Bertz CT molecular complexity index is 240. The van der Waals surface area contributed by atoms with Crippen molar-refractivity contribution in [3.8, 4) is 0 Å². The molecule has 0 aliphatic heterocycles. The van der Waals surface area contributed by atoms with Crippen LogP contribution in [-0.2, 0) is 0 Å². The molecule has 1 aromatic heterocycles. The molecule has 0 radical (unpaired) electrons. The summed E-state index contributed by atoms with van der Waals surface area (Å²) >= 11 is 3.30. The van der Waals surface area contributed by atoms with Gasteiger partial charge in [-0.25, -0.2) is 9.97 Å². The zero-order chi connectivity index (χ0) is 8.43. The molecule has 0 aliphatic carbocycles. The minimum absolute atomic E-state index is 0.781. The number of anilines is 1. The van der Waals surface area contributed by atoms with Gasteiger partial charge in [-0.2, -0.15) is 0 Å². The summed E-state index contributed by atoms with van der Waals surface area (Å²) in [5.41, 5.74) is 0. The molecule has 0 atom stereocenters. The molecule has 11 heavy (non-hydrogen) atoms. The standard InChI is InChI=1S/C7H10BrN3/c1-5-9-6(8)4-7(10-5)11(2)3/h4H,1-3H3. The van der Waals surface area contributed by atoms with Crippen LogP contribution in [0.2, 0.25) is 0 Å². The number of halogens is 1. The smallest absolute Gasteiger partial charge is 0.132 e. The second-order valence-electron chi connectivity index (χ2n) is 2.49. The van der Waals surface area contributed by atoms with Crippen molar-refractivity contribution in [3.05, 3.63) is 16.5 Å². The Morgan fingerprint density at radius 2 is 2.00 bits per heavy atom. The maximum atomic E-state index is 4.22. The zero-order valence-corrected chi connectivity index (χ0v) is 8.38. The molecule has 0 saturated carbocycles. The van der Waals surface area contributed by atoms with Gasteiger partial charge in [0.2, 0.25) is 0 Å². The van der Waals surface area contributed by atoms with Crippen LogP contribution in [0.1, 0.15) is 5.82 Å². The van der Waals surface area contributed by atoms with Crippen LogP contribution in [0.15, 0.2) is 10.7 Å². The van der Waals surface area contributed by atoms with E-state index in [1.165, 1.54) is 0 Å². The second-order valence-corrected chi connectivity index (χ2v) is 3.30. The molecule has 0 N–H and O–H groups in total. The predicted octanol–water partition coefficient (Wildman–Crippen LogP) is 1.61. The molecule has 0 aromatic carbocycles. The van der Waals surface area contributed by atoms with Crippen LogP contribution in [0.25, 0.3) is 0 Å². The van der Waals surface area contributed by atoms with Crippen molar-refractivity contribution in [2.75, 3.05) is 19.0 Å². The van der Waals surface area contributed by atoms with E-state index in [4.69, 9.17) is 0 Å². The topological polar surface area (TPSA) is 29.0 Å². The lowest BCUT2D eigenvalue weighted by atomic mass is 10.5. The van der Waals surface area contributed by atoms with Gasteiger partial charge in [-0.05, 0) is 22.9 Å². The maximum absolute atomic E-state index is 4.22. The molecule has 1 aromatic rings. The van der Waals surface area contributed by atoms with Crippen molar-refractivity contribution in [3.63, 3.8) is 0 Å². The van der Waals surface area contributed by atoms with Crippen molar-refractivity contribution in [1.29, 1.82) is 0 Å². The van der Waals surface area contributed by atoms with Gasteiger partial charge < -0.3 is 4.90 Å². The second kappa shape index (κ2) is 3.17. The Labute approximate surface area is 74.6 Å². The fourth-order valence-electron chi connectivity index (χ4n) is 0.746. The van der Waals surface area contributed by atoms with Gasteiger partial charge in [0.05, 0.1) is 0 Å². The summed E-state index contributed by atoms with van der Waals surface area (Å²) in [5, 5.41) is 0. The highest BCUT2D eigenvalue weighted by Crippen LogP contribution is 2.13. The van der Waals surface area contributed by atoms with Crippen molar-refractivity contribution in [2.24, 2.45) is 0 Å². The monoisotopic (exact) mass is 215 g/mol. The molecule has 60 valence electrons. The lowest BCUT2D eigenvalue weighted by Gasteiger charge is -2.10. The van der Waals surface area contributed by atoms with E-state index < -0.39 is 0 Å². The Hall–Kier alpha value is -0.640. The molecule has 0 fully saturated rings. The first-order valence-electron chi connectivity index (χ1n) is 3.28. The van der Waals surface area contributed by atoms with Crippen LogP contribution < -0.4 is 4.90 Å². The highest BCUT2D eigenvalue weighted by Gasteiger charge is 1.99. The van der Waals surface area contributed by atoms with Gasteiger partial charge in [-0.1, -0.05) is 0 Å². The molecule has 0 amide bonds. The van der Waals surface area contributed by atoms with E-state index in [-0.39, 0.29) is 0 Å². The Kier molecular flexibility index (Phi) is 2.44. The summed E-state index contributed by atoms with van der Waals surface area (Å²) in [4.78, 5) is 10.3. The minimum atomic E-state index is 0.781. The summed E-state index contributed by atoms with van der Waals surface area (Å²) in [7, 11) is 3.91. The number of nitrogens with zero attached hydrogens (tertiary/aromatic N) is 3. The normalized spacial score (nSPS) is 9.82. The van der Waals surface area contributed by atoms with Gasteiger partial charge in [0.15, 0.2) is 0 Å². The maximum Gasteiger partial charge on any atom is 0.132 e. The van der Waals surface area contributed by atoms with Gasteiger partial charge in [-0.3, -0.25) is 0 Å². The van der Waals surface area contributed by atoms with Gasteiger partial charge in [0.25, 0.3) is 0 Å². The molecular weight excluding hydrogens is 206 g/mol. The molecule has 0 saturated heterocycles. The van der Waals surface area contributed by atoms with E-state index in [2.05, 4.69) is 25.9 Å². The summed E-state index contributed by atoms with van der Waals surface area (Å²) in [6, 6.07) is 1.88. The van der Waals surface area contributed by atoms with Crippen molar-refractivity contribution >= 4 is 21.7 Å². The molecule has 0 bridgehead atoms. The van der Waals surface area contributed by atoms with E-state index in [1.807, 2.05) is 32.0 Å². The van der Waals surface area contributed by atoms with Gasteiger partial charge in [0, 0.05) is 20.2 Å². The van der Waals surface area contributed by atoms with Crippen molar-refractivity contribution < 1.29 is 0 Å². The van der Waals surface area contributed by atoms with Crippen LogP contribution in [0.4, 0.5) is 5.82 Å². The van der Waals surface area contributed by atoms with Crippen LogP contribution in [0, 0.1) is 6.92 Å². The minimum Gasteiger partial charge on any atom is -0.363 e. The van der Waals surface area contributed by atoms with E-state index in [0.717, 1.165) is 16.2 Å². The first-order chi connectivity index (χ1) is 5.09. The number of aromatic nitrogens is 2. The summed E-state index contributed by atoms with van der Waals surface area (Å²) in [5.74, 6) is 1.70. The Morgan fingerprint density at radius 1 is 1.36 bits per heavy atom. The van der Waals surface area contributed by atoms with E-state index in [0.29, 0.717) is 0 Å². The van der Waals surface area contributed by atoms with Gasteiger partial charge >= 0.3 is 0 Å². The lowest BCUT2D eigenvalue weighted by molar-refractivity contribution is 0.976. The highest BCUT2D eigenvalue weighted by atomic mass is 79.9. The zero-order valence-electron chi connectivity index (χ0n) is 6.80. The van der Waals surface area contributed by atoms with Gasteiger partial charge in [0.1, 0.15) is 16.2 Å². The molecular formula is C7H10BrN3. The number of hydrogen-bond acceptors (Lipinski definition) is 3. The first-order valence-corrected chi connectivity index (χ1v) is 4.07. The third-order valence-electron chi connectivity index (χ3n) is 1.25.